The van der Waals surface area contributed by atoms with Crippen LogP contribution in [0.2, 0.25) is 5.02 Å². The minimum absolute atomic E-state index is 0.00283. The van der Waals surface area contributed by atoms with E-state index in [9.17, 15) is 13.2 Å². The van der Waals surface area contributed by atoms with E-state index in [0.717, 1.165) is 5.56 Å². The molecule has 1 aliphatic rings. The summed E-state index contributed by atoms with van der Waals surface area (Å²) in [5, 5.41) is 9.02. The number of carboxylic acid groups (broad SMARTS) is 1. The molecule has 2 unspecified atom stereocenters. The van der Waals surface area contributed by atoms with Crippen molar-refractivity contribution in [2.24, 2.45) is 5.92 Å². The number of rotatable bonds is 4. The number of sulfonamides is 1. The molecule has 1 aromatic rings. The Hall–Kier alpha value is -1.37. The zero-order chi connectivity index (χ0) is 14.9. The Balaban J connectivity index is 2.17. The molecule has 0 bridgehead atoms. The lowest BCUT2D eigenvalue weighted by Gasteiger charge is -2.13. The minimum Gasteiger partial charge on any atom is -0.481 e. The third-order valence-corrected chi connectivity index (χ3v) is 5.06. The first kappa shape index (κ1) is 15.0. The number of carboxylic acids is 1. The van der Waals surface area contributed by atoms with Crippen LogP contribution in [0, 0.1) is 12.8 Å². The lowest BCUT2D eigenvalue weighted by Crippen LogP contribution is -2.33. The molecule has 0 saturated heterocycles. The molecule has 1 aromatic carbocycles. The van der Waals surface area contributed by atoms with Crippen LogP contribution in [0.3, 0.4) is 0 Å². The zero-order valence-electron chi connectivity index (χ0n) is 10.7. The highest BCUT2D eigenvalue weighted by Gasteiger charge is 2.28. The van der Waals surface area contributed by atoms with E-state index < -0.39 is 28.0 Å². The molecule has 0 heterocycles. The SMILES string of the molecule is Cc1ccc(S(=O)(=O)NC2C=CC(C(=O)O)C2)c(Cl)c1. The fourth-order valence-corrected chi connectivity index (χ4v) is 3.86. The van der Waals surface area contributed by atoms with Gasteiger partial charge in [0.25, 0.3) is 0 Å². The molecule has 5 nitrogen and oxygen atoms in total. The van der Waals surface area contributed by atoms with Crippen LogP contribution in [0.5, 0.6) is 0 Å². The smallest absolute Gasteiger partial charge is 0.310 e. The van der Waals surface area contributed by atoms with Crippen LogP contribution >= 0.6 is 11.6 Å². The summed E-state index contributed by atoms with van der Waals surface area (Å²) < 4.78 is 26.9. The van der Waals surface area contributed by atoms with Crippen molar-refractivity contribution < 1.29 is 18.3 Å². The van der Waals surface area contributed by atoms with Gasteiger partial charge in [-0.05, 0) is 31.0 Å². The van der Waals surface area contributed by atoms with Gasteiger partial charge in [0.1, 0.15) is 4.90 Å². The molecule has 0 saturated carbocycles. The Bertz CT molecular complexity index is 669. The number of nitrogens with one attached hydrogen (secondary N) is 1. The Morgan fingerprint density at radius 2 is 2.10 bits per heavy atom. The quantitative estimate of drug-likeness (QED) is 0.832. The van der Waals surface area contributed by atoms with Crippen LogP contribution in [-0.4, -0.2) is 25.5 Å². The van der Waals surface area contributed by atoms with E-state index in [2.05, 4.69) is 4.72 Å². The third kappa shape index (κ3) is 3.20. The van der Waals surface area contributed by atoms with Crippen molar-refractivity contribution in [3.63, 3.8) is 0 Å². The van der Waals surface area contributed by atoms with E-state index in [-0.39, 0.29) is 16.3 Å². The maximum absolute atomic E-state index is 12.2. The molecular weight excluding hydrogens is 302 g/mol. The van der Waals surface area contributed by atoms with Gasteiger partial charge in [-0.15, -0.1) is 0 Å². The molecule has 20 heavy (non-hydrogen) atoms. The molecule has 2 rings (SSSR count). The standard InChI is InChI=1S/C13H14ClNO4S/c1-8-2-5-12(11(14)6-8)20(18,19)15-10-4-3-9(7-10)13(16)17/h2-6,9-10,15H,7H2,1H3,(H,16,17). The molecule has 0 aromatic heterocycles. The van der Waals surface area contributed by atoms with Gasteiger partial charge in [-0.25, -0.2) is 13.1 Å². The lowest BCUT2D eigenvalue weighted by atomic mass is 10.1. The number of hydrogen-bond donors (Lipinski definition) is 2. The summed E-state index contributed by atoms with van der Waals surface area (Å²) in [4.78, 5) is 10.8. The largest absolute Gasteiger partial charge is 0.481 e. The Kier molecular flexibility index (Phi) is 4.17. The van der Waals surface area contributed by atoms with Gasteiger partial charge in [0.15, 0.2) is 0 Å². The van der Waals surface area contributed by atoms with E-state index in [1.165, 1.54) is 12.1 Å². The van der Waals surface area contributed by atoms with Crippen molar-refractivity contribution in [3.05, 3.63) is 40.9 Å². The molecular formula is C13H14ClNO4S. The average molecular weight is 316 g/mol. The number of benzene rings is 1. The van der Waals surface area contributed by atoms with Crippen molar-refractivity contribution in [2.45, 2.75) is 24.3 Å². The second kappa shape index (κ2) is 5.55. The second-order valence-corrected chi connectivity index (χ2v) is 6.82. The molecule has 0 amide bonds. The summed E-state index contributed by atoms with van der Waals surface area (Å²) in [6.07, 6.45) is 3.25. The maximum atomic E-state index is 12.2. The molecule has 0 radical (unpaired) electrons. The highest BCUT2D eigenvalue weighted by atomic mass is 35.5. The minimum atomic E-state index is -3.77. The second-order valence-electron chi connectivity index (χ2n) is 4.73. The van der Waals surface area contributed by atoms with Crippen LogP contribution in [-0.2, 0) is 14.8 Å². The first-order valence-electron chi connectivity index (χ1n) is 5.99. The summed E-state index contributed by atoms with van der Waals surface area (Å²) in [6, 6.07) is 4.14. The summed E-state index contributed by atoms with van der Waals surface area (Å²) in [6.45, 7) is 1.81. The molecule has 0 fully saturated rings. The number of halogens is 1. The van der Waals surface area contributed by atoms with E-state index in [0.29, 0.717) is 0 Å². The van der Waals surface area contributed by atoms with Crippen molar-refractivity contribution in [3.8, 4) is 0 Å². The zero-order valence-corrected chi connectivity index (χ0v) is 12.3. The highest BCUT2D eigenvalue weighted by Crippen LogP contribution is 2.25. The van der Waals surface area contributed by atoms with Crippen molar-refractivity contribution in [2.75, 3.05) is 0 Å². The number of aryl methyl sites for hydroxylation is 1. The van der Waals surface area contributed by atoms with E-state index in [4.69, 9.17) is 16.7 Å². The van der Waals surface area contributed by atoms with Gasteiger partial charge in [-0.3, -0.25) is 4.79 Å². The molecule has 0 aliphatic heterocycles. The highest BCUT2D eigenvalue weighted by molar-refractivity contribution is 7.89. The van der Waals surface area contributed by atoms with Gasteiger partial charge in [0, 0.05) is 6.04 Å². The average Bonchev–Trinajstić information content (AvgIpc) is 2.76. The number of hydrogen-bond acceptors (Lipinski definition) is 3. The fraction of sp³-hybridized carbons (Fsp3) is 0.308. The number of carbonyl (C=O) groups is 1. The molecule has 1 aliphatic carbocycles. The van der Waals surface area contributed by atoms with Crippen LogP contribution in [0.25, 0.3) is 0 Å². The molecule has 2 N–H and O–H groups in total. The lowest BCUT2D eigenvalue weighted by molar-refractivity contribution is -0.140. The van der Waals surface area contributed by atoms with Gasteiger partial charge in [0.2, 0.25) is 10.0 Å². The first-order valence-corrected chi connectivity index (χ1v) is 7.85. The molecule has 108 valence electrons. The summed E-state index contributed by atoms with van der Waals surface area (Å²) >= 11 is 5.95. The summed E-state index contributed by atoms with van der Waals surface area (Å²) in [7, 11) is -3.77. The molecule has 7 heteroatoms. The van der Waals surface area contributed by atoms with Gasteiger partial charge >= 0.3 is 5.97 Å². The van der Waals surface area contributed by atoms with Gasteiger partial charge in [-0.1, -0.05) is 29.8 Å². The van der Waals surface area contributed by atoms with Crippen LogP contribution < -0.4 is 4.72 Å². The van der Waals surface area contributed by atoms with Gasteiger partial charge in [0.05, 0.1) is 10.9 Å². The molecule has 2 atom stereocenters. The van der Waals surface area contributed by atoms with Crippen molar-refractivity contribution in [1.29, 1.82) is 0 Å². The Labute approximate surface area is 122 Å². The molecule has 0 spiro atoms. The topological polar surface area (TPSA) is 83.5 Å². The fourth-order valence-electron chi connectivity index (χ4n) is 2.06. The summed E-state index contributed by atoms with van der Waals surface area (Å²) in [5.74, 6) is -1.62. The van der Waals surface area contributed by atoms with E-state index in [1.54, 1.807) is 18.2 Å². The first-order chi connectivity index (χ1) is 9.29. The van der Waals surface area contributed by atoms with Crippen LogP contribution in [0.15, 0.2) is 35.2 Å². The predicted octanol–water partition coefficient (Wildman–Crippen LogP) is 1.96. The third-order valence-electron chi connectivity index (χ3n) is 3.08. The van der Waals surface area contributed by atoms with Crippen molar-refractivity contribution >= 4 is 27.6 Å². The van der Waals surface area contributed by atoms with Crippen LogP contribution in [0.4, 0.5) is 0 Å². The van der Waals surface area contributed by atoms with E-state index in [1.807, 2.05) is 6.92 Å². The van der Waals surface area contributed by atoms with Crippen molar-refractivity contribution in [1.82, 2.24) is 4.72 Å². The Morgan fingerprint density at radius 3 is 2.65 bits per heavy atom. The predicted molar refractivity (Wildman–Crippen MR) is 75.2 cm³/mol. The van der Waals surface area contributed by atoms with Gasteiger partial charge < -0.3 is 5.11 Å². The monoisotopic (exact) mass is 315 g/mol. The van der Waals surface area contributed by atoms with E-state index >= 15 is 0 Å². The normalized spacial score (nSPS) is 22.1. The number of aliphatic carboxylic acids is 1. The maximum Gasteiger partial charge on any atom is 0.310 e. The summed E-state index contributed by atoms with van der Waals surface area (Å²) in [5.41, 5.74) is 0.862. The van der Waals surface area contributed by atoms with Gasteiger partial charge in [-0.2, -0.15) is 0 Å². The Morgan fingerprint density at radius 1 is 1.40 bits per heavy atom. The van der Waals surface area contributed by atoms with Crippen LogP contribution in [0.1, 0.15) is 12.0 Å².